The van der Waals surface area contributed by atoms with Crippen LogP contribution in [0, 0.1) is 0 Å². The highest BCUT2D eigenvalue weighted by Gasteiger charge is 2.27. The maximum Gasteiger partial charge on any atom is 0.408 e. The van der Waals surface area contributed by atoms with E-state index in [0.717, 1.165) is 0 Å². The normalized spacial score (nSPS) is 11.9. The third kappa shape index (κ3) is 17.1. The molecule has 352 valence electrons. The summed E-state index contributed by atoms with van der Waals surface area (Å²) in [5.41, 5.74) is 0.514. The number of ether oxygens (including phenoxy) is 3. The van der Waals surface area contributed by atoms with Gasteiger partial charge in [-0.1, -0.05) is 60.7 Å². The van der Waals surface area contributed by atoms with Gasteiger partial charge in [0.05, 0.1) is 32.9 Å². The van der Waals surface area contributed by atoms with Gasteiger partial charge in [0.2, 0.25) is 11.8 Å². The van der Waals surface area contributed by atoms with Gasteiger partial charge in [-0.3, -0.25) is 24.0 Å². The second-order valence-corrected chi connectivity index (χ2v) is 16.3. The lowest BCUT2D eigenvalue weighted by Gasteiger charge is -2.23. The van der Waals surface area contributed by atoms with E-state index >= 15 is 0 Å². The molecule has 0 aliphatic rings. The van der Waals surface area contributed by atoms with E-state index < -0.39 is 47.5 Å². The van der Waals surface area contributed by atoms with Crippen LogP contribution in [0.4, 0.5) is 16.2 Å². The van der Waals surface area contributed by atoms with Crippen LogP contribution in [0.5, 0.6) is 11.5 Å². The van der Waals surface area contributed by atoms with Crippen LogP contribution in [0.3, 0.4) is 0 Å². The standard InChI is InChI=1S/C49H60N6O11/c1-49(2,3)66-48(63)55-39(21-13-15-27-51-31-41(57)33-18-10-7-11-19-33)46(60)52-34-22-24-42(64-4)36(28-34)44(58)54-38(20-12-14-26-50-30-40(56)32-16-8-6-9-17-32)45(59)53-35-23-25-43(65-5)37(29-35)47(61)62/h6-11,16-19,22-25,28-29,38-39,50-51H,12-15,20-21,26-27,30-31H2,1-5H3,(H,52,60)(H,53,59)(H,54,58)(H,55,63)(H,61,62)/t38-,39-/m0/s1. The van der Waals surface area contributed by atoms with Gasteiger partial charge in [0.1, 0.15) is 34.7 Å². The van der Waals surface area contributed by atoms with Crippen molar-refractivity contribution in [3.8, 4) is 11.5 Å². The highest BCUT2D eigenvalue weighted by atomic mass is 16.6. The number of carboxylic acids is 1. The summed E-state index contributed by atoms with van der Waals surface area (Å²) in [5.74, 6) is -3.07. The Morgan fingerprint density at radius 2 is 1.02 bits per heavy atom. The number of Topliss-reactive ketones (excluding diaryl/α,β-unsaturated/α-hetero) is 2. The summed E-state index contributed by atoms with van der Waals surface area (Å²) >= 11 is 0. The number of carbonyl (C=O) groups excluding carboxylic acids is 6. The number of carbonyl (C=O) groups is 7. The van der Waals surface area contributed by atoms with Crippen LogP contribution in [0.25, 0.3) is 0 Å². The molecule has 7 N–H and O–H groups in total. The number of alkyl carbamates (subject to hydrolysis) is 1. The number of amides is 4. The summed E-state index contributed by atoms with van der Waals surface area (Å²) in [6.07, 6.45) is 1.66. The van der Waals surface area contributed by atoms with Gasteiger partial charge in [0.15, 0.2) is 11.6 Å². The summed E-state index contributed by atoms with van der Waals surface area (Å²) in [5, 5.41) is 26.8. The molecule has 0 radical (unpaired) electrons. The Hall–Kier alpha value is -7.11. The van der Waals surface area contributed by atoms with Crippen molar-refractivity contribution in [1.82, 2.24) is 21.3 Å². The van der Waals surface area contributed by atoms with E-state index in [1.165, 1.54) is 50.6 Å². The van der Waals surface area contributed by atoms with Gasteiger partial charge in [-0.05, 0) is 109 Å². The molecule has 0 bridgehead atoms. The molecule has 66 heavy (non-hydrogen) atoms. The maximum atomic E-state index is 14.0. The molecule has 4 aromatic rings. The van der Waals surface area contributed by atoms with Crippen molar-refractivity contribution in [2.75, 3.05) is 51.0 Å². The van der Waals surface area contributed by atoms with Gasteiger partial charge in [-0.15, -0.1) is 0 Å². The largest absolute Gasteiger partial charge is 0.496 e. The Morgan fingerprint density at radius 3 is 1.45 bits per heavy atom. The zero-order chi connectivity index (χ0) is 48.1. The first kappa shape index (κ1) is 51.5. The Morgan fingerprint density at radius 1 is 0.576 bits per heavy atom. The second kappa shape index (κ2) is 26.0. The molecule has 4 rings (SSSR count). The Labute approximate surface area is 384 Å². The van der Waals surface area contributed by atoms with Crippen LogP contribution in [0.1, 0.15) is 101 Å². The number of ketones is 2. The first-order valence-electron chi connectivity index (χ1n) is 21.7. The average molecular weight is 909 g/mol. The van der Waals surface area contributed by atoms with Crippen LogP contribution < -0.4 is 41.4 Å². The Kier molecular flexibility index (Phi) is 20.3. The predicted molar refractivity (Wildman–Crippen MR) is 250 cm³/mol. The summed E-state index contributed by atoms with van der Waals surface area (Å²) in [4.78, 5) is 91.3. The maximum absolute atomic E-state index is 14.0. The number of hydrogen-bond donors (Lipinski definition) is 7. The monoisotopic (exact) mass is 908 g/mol. The first-order chi connectivity index (χ1) is 31.6. The van der Waals surface area contributed by atoms with Gasteiger partial charge >= 0.3 is 12.1 Å². The molecule has 0 aliphatic carbocycles. The number of nitrogens with one attached hydrogen (secondary N) is 6. The Balaban J connectivity index is 1.45. The van der Waals surface area contributed by atoms with Crippen LogP contribution >= 0.6 is 0 Å². The molecule has 0 aromatic heterocycles. The molecule has 0 unspecified atom stereocenters. The molecule has 4 amide bonds. The van der Waals surface area contributed by atoms with E-state index in [-0.39, 0.29) is 71.5 Å². The number of aromatic carboxylic acids is 1. The van der Waals surface area contributed by atoms with E-state index in [1.807, 2.05) is 12.1 Å². The highest BCUT2D eigenvalue weighted by Crippen LogP contribution is 2.25. The Bertz CT molecular complexity index is 2280. The minimum Gasteiger partial charge on any atom is -0.496 e. The van der Waals surface area contributed by atoms with Crippen molar-refractivity contribution in [2.45, 2.75) is 77.0 Å². The summed E-state index contributed by atoms with van der Waals surface area (Å²) in [6.45, 7) is 6.31. The predicted octanol–water partition coefficient (Wildman–Crippen LogP) is 6.26. The first-order valence-corrected chi connectivity index (χ1v) is 21.7. The fourth-order valence-corrected chi connectivity index (χ4v) is 6.65. The molecule has 17 nitrogen and oxygen atoms in total. The van der Waals surface area contributed by atoms with Gasteiger partial charge in [0.25, 0.3) is 5.91 Å². The lowest BCUT2D eigenvalue weighted by atomic mass is 10.1. The number of unbranched alkanes of at least 4 members (excludes halogenated alkanes) is 2. The lowest BCUT2D eigenvalue weighted by molar-refractivity contribution is -0.119. The summed E-state index contributed by atoms with van der Waals surface area (Å²) < 4.78 is 16.1. The SMILES string of the molecule is COc1ccc(NC(=O)[C@H](CCCCNCC(=O)c2ccccc2)NC(=O)c2cc(NC(=O)[C@H](CCCCNCC(=O)c3ccccc3)NC(=O)OC(C)(C)C)ccc2OC)cc1C(=O)O. The van der Waals surface area contributed by atoms with Crippen molar-refractivity contribution in [1.29, 1.82) is 0 Å². The molecule has 4 aromatic carbocycles. The molecular formula is C49H60N6O11. The van der Waals surface area contributed by atoms with Gasteiger partial charge in [-0.25, -0.2) is 9.59 Å². The fourth-order valence-electron chi connectivity index (χ4n) is 6.65. The molecule has 0 heterocycles. The third-order valence-electron chi connectivity index (χ3n) is 9.99. The number of methoxy groups -OCH3 is 2. The molecule has 0 fully saturated rings. The van der Waals surface area contributed by atoms with Gasteiger partial charge in [0, 0.05) is 22.5 Å². The average Bonchev–Trinajstić information content (AvgIpc) is 3.29. The van der Waals surface area contributed by atoms with E-state index in [1.54, 1.807) is 69.3 Å². The van der Waals surface area contributed by atoms with Gasteiger partial charge < -0.3 is 51.2 Å². The minimum atomic E-state index is -1.27. The van der Waals surface area contributed by atoms with Crippen molar-refractivity contribution < 1.29 is 52.9 Å². The zero-order valence-corrected chi connectivity index (χ0v) is 38.0. The van der Waals surface area contributed by atoms with E-state index in [4.69, 9.17) is 14.2 Å². The number of anilines is 2. The molecule has 0 spiro atoms. The quantitative estimate of drug-likeness (QED) is 0.0273. The van der Waals surface area contributed by atoms with Crippen LogP contribution in [0.15, 0.2) is 97.1 Å². The molecule has 0 saturated heterocycles. The number of carboxylic acid groups (broad SMARTS) is 1. The van der Waals surface area contributed by atoms with E-state index in [9.17, 15) is 38.7 Å². The molecule has 17 heteroatoms. The van der Waals surface area contributed by atoms with Crippen LogP contribution in [-0.2, 0) is 14.3 Å². The highest BCUT2D eigenvalue weighted by molar-refractivity contribution is 6.04. The number of rotatable bonds is 26. The third-order valence-corrected chi connectivity index (χ3v) is 9.99. The number of hydrogen-bond acceptors (Lipinski definition) is 12. The molecule has 0 aliphatic heterocycles. The van der Waals surface area contributed by atoms with Crippen LogP contribution in [0.2, 0.25) is 0 Å². The smallest absolute Gasteiger partial charge is 0.408 e. The topological polar surface area (TPSA) is 240 Å². The van der Waals surface area contributed by atoms with E-state index in [0.29, 0.717) is 49.9 Å². The summed E-state index contributed by atoms with van der Waals surface area (Å²) in [7, 11) is 2.69. The lowest BCUT2D eigenvalue weighted by Crippen LogP contribution is -2.46. The second-order valence-electron chi connectivity index (χ2n) is 16.3. The minimum absolute atomic E-state index is 0.0143. The van der Waals surface area contributed by atoms with Crippen molar-refractivity contribution in [2.24, 2.45) is 0 Å². The fraction of sp³-hybridized carbons (Fsp3) is 0.367. The zero-order valence-electron chi connectivity index (χ0n) is 38.0. The van der Waals surface area contributed by atoms with Crippen LogP contribution in [-0.4, -0.2) is 105 Å². The van der Waals surface area contributed by atoms with Gasteiger partial charge in [-0.2, -0.15) is 0 Å². The summed E-state index contributed by atoms with van der Waals surface area (Å²) in [6, 6.07) is 24.1. The van der Waals surface area contributed by atoms with E-state index in [2.05, 4.69) is 31.9 Å². The van der Waals surface area contributed by atoms with Crippen molar-refractivity contribution >= 4 is 52.7 Å². The van der Waals surface area contributed by atoms with Crippen molar-refractivity contribution in [3.05, 3.63) is 119 Å². The molecule has 0 saturated carbocycles. The van der Waals surface area contributed by atoms with Crippen molar-refractivity contribution in [3.63, 3.8) is 0 Å². The molecule has 2 atom stereocenters. The number of benzene rings is 4. The molecular weight excluding hydrogens is 849 g/mol.